The number of nitrogens with zero attached hydrogens (tertiary/aromatic N) is 3. The van der Waals surface area contributed by atoms with Crippen LogP contribution in [-0.4, -0.2) is 47.3 Å². The first-order valence-corrected chi connectivity index (χ1v) is 8.44. The van der Waals surface area contributed by atoms with E-state index in [0.717, 1.165) is 50.5 Å². The topological polar surface area (TPSA) is 50.2 Å². The van der Waals surface area contributed by atoms with Crippen molar-refractivity contribution in [2.45, 2.75) is 46.0 Å². The normalized spacial score (nSPS) is 14.9. The van der Waals surface area contributed by atoms with Crippen LogP contribution in [0.2, 0.25) is 0 Å². The zero-order valence-electron chi connectivity index (χ0n) is 15.3. The number of rotatable bonds is 6. The van der Waals surface area contributed by atoms with E-state index in [9.17, 15) is 4.79 Å². The van der Waals surface area contributed by atoms with Crippen molar-refractivity contribution in [3.63, 3.8) is 0 Å². The Labute approximate surface area is 158 Å². The number of carbonyl (C=O) groups excluding carboxylic acids is 1. The molecular weight excluding hydrogens is 347 g/mol. The summed E-state index contributed by atoms with van der Waals surface area (Å²) in [6.07, 6.45) is 4.95. The molecule has 0 spiro atoms. The lowest BCUT2D eigenvalue weighted by Crippen LogP contribution is -2.39. The van der Waals surface area contributed by atoms with Crippen molar-refractivity contribution < 1.29 is 4.79 Å². The molecule has 0 bridgehead atoms. The summed E-state index contributed by atoms with van der Waals surface area (Å²) in [6, 6.07) is 0. The van der Waals surface area contributed by atoms with E-state index in [2.05, 4.69) is 22.2 Å². The van der Waals surface area contributed by atoms with Crippen molar-refractivity contribution in [2.24, 2.45) is 13.0 Å². The highest BCUT2D eigenvalue weighted by Gasteiger charge is 2.22. The van der Waals surface area contributed by atoms with Crippen LogP contribution >= 0.6 is 24.8 Å². The number of nitrogens with one attached hydrogen (secondary N) is 1. The molecule has 140 valence electrons. The monoisotopic (exact) mass is 378 g/mol. The molecule has 1 amide bonds. The minimum Gasteiger partial charge on any atom is -0.343 e. The lowest BCUT2D eigenvalue weighted by atomic mass is 9.93. The van der Waals surface area contributed by atoms with Gasteiger partial charge in [-0.05, 0) is 64.6 Å². The highest BCUT2D eigenvalue weighted by molar-refractivity contribution is 5.85. The van der Waals surface area contributed by atoms with E-state index in [4.69, 9.17) is 0 Å². The molecule has 1 N–H and O–H groups in total. The van der Waals surface area contributed by atoms with Gasteiger partial charge in [0.25, 0.3) is 0 Å². The van der Waals surface area contributed by atoms with Crippen LogP contribution in [-0.2, 0) is 18.3 Å². The van der Waals surface area contributed by atoms with Crippen molar-refractivity contribution in [1.82, 2.24) is 20.0 Å². The quantitative estimate of drug-likeness (QED) is 0.827. The minimum atomic E-state index is 0. The summed E-state index contributed by atoms with van der Waals surface area (Å²) >= 11 is 0. The van der Waals surface area contributed by atoms with Crippen molar-refractivity contribution in [2.75, 3.05) is 26.7 Å². The lowest BCUT2D eigenvalue weighted by molar-refractivity contribution is -0.132. The number of halogens is 2. The number of amides is 1. The largest absolute Gasteiger partial charge is 0.343 e. The summed E-state index contributed by atoms with van der Waals surface area (Å²) in [6.45, 7) is 7.04. The second kappa shape index (κ2) is 11.0. The summed E-state index contributed by atoms with van der Waals surface area (Å²) in [5.74, 6) is 1.08. The molecule has 1 fully saturated rings. The van der Waals surface area contributed by atoms with Crippen molar-refractivity contribution in [3.8, 4) is 0 Å². The van der Waals surface area contributed by atoms with Crippen LogP contribution in [0.4, 0.5) is 0 Å². The lowest BCUT2D eigenvalue weighted by Gasteiger charge is -2.32. The Hall–Kier alpha value is -0.780. The number of piperidine rings is 1. The third-order valence-electron chi connectivity index (χ3n) is 5.02. The summed E-state index contributed by atoms with van der Waals surface area (Å²) in [5.41, 5.74) is 3.47. The van der Waals surface area contributed by atoms with Crippen LogP contribution in [0.3, 0.4) is 0 Å². The molecule has 2 heterocycles. The third-order valence-corrected chi connectivity index (χ3v) is 5.02. The van der Waals surface area contributed by atoms with E-state index < -0.39 is 0 Å². The fraction of sp³-hybridized carbons (Fsp3) is 0.765. The Bertz CT molecular complexity index is 511. The minimum absolute atomic E-state index is 0. The molecule has 1 aliphatic rings. The van der Waals surface area contributed by atoms with E-state index in [1.54, 1.807) is 0 Å². The Kier molecular flexibility index (Phi) is 10.6. The van der Waals surface area contributed by atoms with Gasteiger partial charge >= 0.3 is 0 Å². The molecule has 5 nitrogen and oxygen atoms in total. The Balaban J connectivity index is 0.00000264. The molecule has 1 aliphatic heterocycles. The predicted molar refractivity (Wildman–Crippen MR) is 103 cm³/mol. The number of carbonyl (C=O) groups is 1. The molecular formula is C17H32Cl2N4O. The zero-order valence-corrected chi connectivity index (χ0v) is 16.9. The Morgan fingerprint density at radius 1 is 1.25 bits per heavy atom. The Morgan fingerprint density at radius 3 is 2.38 bits per heavy atom. The number of likely N-dealkylation sites (tertiary alicyclic amines) is 1. The molecule has 0 radical (unpaired) electrons. The molecule has 7 heteroatoms. The van der Waals surface area contributed by atoms with Gasteiger partial charge in [0, 0.05) is 32.3 Å². The highest BCUT2D eigenvalue weighted by atomic mass is 35.5. The van der Waals surface area contributed by atoms with E-state index >= 15 is 0 Å². The van der Waals surface area contributed by atoms with Gasteiger partial charge in [0.2, 0.25) is 5.91 Å². The maximum absolute atomic E-state index is 12.4. The first kappa shape index (κ1) is 23.2. The molecule has 1 aromatic heterocycles. The van der Waals surface area contributed by atoms with Gasteiger partial charge < -0.3 is 10.2 Å². The van der Waals surface area contributed by atoms with E-state index in [0.29, 0.717) is 12.3 Å². The molecule has 0 atom stereocenters. The Morgan fingerprint density at radius 2 is 1.88 bits per heavy atom. The molecule has 0 unspecified atom stereocenters. The average molecular weight is 379 g/mol. The zero-order chi connectivity index (χ0) is 16.1. The first-order valence-electron chi connectivity index (χ1n) is 8.44. The van der Waals surface area contributed by atoms with E-state index in [1.807, 2.05) is 25.7 Å². The van der Waals surface area contributed by atoms with Gasteiger partial charge in [0.05, 0.1) is 5.69 Å². The van der Waals surface area contributed by atoms with Gasteiger partial charge in [0.15, 0.2) is 0 Å². The predicted octanol–water partition coefficient (Wildman–Crippen LogP) is 2.66. The van der Waals surface area contributed by atoms with Gasteiger partial charge in [-0.3, -0.25) is 9.48 Å². The van der Waals surface area contributed by atoms with Gasteiger partial charge in [-0.15, -0.1) is 24.8 Å². The van der Waals surface area contributed by atoms with Crippen LogP contribution in [0, 0.1) is 19.8 Å². The molecule has 0 aromatic carbocycles. The van der Waals surface area contributed by atoms with Crippen LogP contribution in [0.15, 0.2) is 0 Å². The van der Waals surface area contributed by atoms with Crippen molar-refractivity contribution >= 4 is 30.7 Å². The van der Waals surface area contributed by atoms with Gasteiger partial charge in [-0.25, -0.2) is 0 Å². The first-order chi connectivity index (χ1) is 10.5. The van der Waals surface area contributed by atoms with E-state index in [1.165, 1.54) is 17.7 Å². The second-order valence-corrected chi connectivity index (χ2v) is 6.49. The molecule has 0 saturated carbocycles. The molecule has 0 aliphatic carbocycles. The standard InChI is InChI=1S/C17H30N4O.2ClH/c1-13-16(14(2)20(4)19-13)5-6-17(22)21-11-8-15(9-12-21)7-10-18-3;;/h15,18H,5-12H2,1-4H3;2*1H. The maximum Gasteiger partial charge on any atom is 0.222 e. The number of aromatic nitrogens is 2. The van der Waals surface area contributed by atoms with Gasteiger partial charge in [0.1, 0.15) is 0 Å². The summed E-state index contributed by atoms with van der Waals surface area (Å²) in [7, 11) is 3.96. The van der Waals surface area contributed by atoms with Gasteiger partial charge in [-0.1, -0.05) is 0 Å². The fourth-order valence-corrected chi connectivity index (χ4v) is 3.39. The number of hydrogen-bond acceptors (Lipinski definition) is 3. The van der Waals surface area contributed by atoms with Crippen LogP contribution in [0.1, 0.15) is 42.6 Å². The van der Waals surface area contributed by atoms with Crippen LogP contribution < -0.4 is 5.32 Å². The summed E-state index contributed by atoms with van der Waals surface area (Å²) < 4.78 is 1.91. The number of aryl methyl sites for hydroxylation is 2. The smallest absolute Gasteiger partial charge is 0.222 e. The highest BCUT2D eigenvalue weighted by Crippen LogP contribution is 2.21. The third kappa shape index (κ3) is 5.94. The van der Waals surface area contributed by atoms with Crippen molar-refractivity contribution in [1.29, 1.82) is 0 Å². The fourth-order valence-electron chi connectivity index (χ4n) is 3.39. The SMILES string of the molecule is CNCCC1CCN(C(=O)CCc2c(C)nn(C)c2C)CC1.Cl.Cl. The van der Waals surface area contributed by atoms with E-state index in [-0.39, 0.29) is 24.8 Å². The van der Waals surface area contributed by atoms with Crippen molar-refractivity contribution in [3.05, 3.63) is 17.0 Å². The van der Waals surface area contributed by atoms with Crippen LogP contribution in [0.25, 0.3) is 0 Å². The second-order valence-electron chi connectivity index (χ2n) is 6.49. The molecule has 24 heavy (non-hydrogen) atoms. The van der Waals surface area contributed by atoms with Gasteiger partial charge in [-0.2, -0.15) is 5.10 Å². The molecule has 1 aromatic rings. The molecule has 2 rings (SSSR count). The number of hydrogen-bond donors (Lipinski definition) is 1. The molecule has 1 saturated heterocycles. The maximum atomic E-state index is 12.4. The van der Waals surface area contributed by atoms with Crippen LogP contribution in [0.5, 0.6) is 0 Å². The summed E-state index contributed by atoms with van der Waals surface area (Å²) in [4.78, 5) is 14.5. The summed E-state index contributed by atoms with van der Waals surface area (Å²) in [5, 5.41) is 7.64. The average Bonchev–Trinajstić information content (AvgIpc) is 2.76.